The number of primary amides is 1. The van der Waals surface area contributed by atoms with E-state index in [1.165, 1.54) is 0 Å². The van der Waals surface area contributed by atoms with Gasteiger partial charge < -0.3 is 20.5 Å². The normalized spacial score (nSPS) is 29.0. The summed E-state index contributed by atoms with van der Waals surface area (Å²) < 4.78 is 10.7. The van der Waals surface area contributed by atoms with Crippen molar-refractivity contribution < 1.29 is 14.3 Å². The maximum absolute atomic E-state index is 11.9. The molecule has 5 nitrogen and oxygen atoms in total. The molecule has 1 heterocycles. The molecular formula is C16H24N2O3. The Hall–Kier alpha value is -1.75. The highest BCUT2D eigenvalue weighted by molar-refractivity contribution is 5.78. The van der Waals surface area contributed by atoms with Crippen LogP contribution in [0.4, 0.5) is 0 Å². The third kappa shape index (κ3) is 3.13. The average molecular weight is 292 g/mol. The Kier molecular flexibility index (Phi) is 4.73. The van der Waals surface area contributed by atoms with Crippen LogP contribution < -0.4 is 20.5 Å². The highest BCUT2D eigenvalue weighted by atomic mass is 16.5. The molecular weight excluding hydrogens is 268 g/mol. The number of amides is 1. The summed E-state index contributed by atoms with van der Waals surface area (Å²) in [5, 5.41) is 3.48. The minimum absolute atomic E-state index is 0.137. The van der Waals surface area contributed by atoms with Crippen molar-refractivity contribution in [2.45, 2.75) is 32.4 Å². The molecule has 116 valence electrons. The van der Waals surface area contributed by atoms with Gasteiger partial charge in [0.15, 0.2) is 0 Å². The van der Waals surface area contributed by atoms with Crippen molar-refractivity contribution in [3.05, 3.63) is 23.8 Å². The van der Waals surface area contributed by atoms with Gasteiger partial charge >= 0.3 is 0 Å². The fourth-order valence-corrected chi connectivity index (χ4v) is 3.31. The van der Waals surface area contributed by atoms with Crippen molar-refractivity contribution in [3.63, 3.8) is 0 Å². The molecule has 4 unspecified atom stereocenters. The number of rotatable bonds is 4. The number of nitrogens with one attached hydrogen (secondary N) is 1. The van der Waals surface area contributed by atoms with Crippen LogP contribution in [0.2, 0.25) is 0 Å². The van der Waals surface area contributed by atoms with E-state index in [0.29, 0.717) is 11.8 Å². The average Bonchev–Trinajstić information content (AvgIpc) is 2.45. The number of methoxy groups -OCH3 is 2. The highest BCUT2D eigenvalue weighted by Gasteiger charge is 2.39. The molecule has 0 bridgehead atoms. The first-order valence-corrected chi connectivity index (χ1v) is 7.25. The smallest absolute Gasteiger partial charge is 0.222 e. The van der Waals surface area contributed by atoms with Crippen molar-refractivity contribution >= 4 is 5.91 Å². The van der Waals surface area contributed by atoms with Gasteiger partial charge in [0, 0.05) is 23.7 Å². The second-order valence-electron chi connectivity index (χ2n) is 5.79. The van der Waals surface area contributed by atoms with Crippen molar-refractivity contribution in [2.75, 3.05) is 14.2 Å². The Morgan fingerprint density at radius 3 is 2.57 bits per heavy atom. The minimum atomic E-state index is -0.273. The van der Waals surface area contributed by atoms with E-state index in [-0.39, 0.29) is 23.8 Å². The zero-order valence-electron chi connectivity index (χ0n) is 13.1. The second kappa shape index (κ2) is 6.35. The number of piperidine rings is 1. The van der Waals surface area contributed by atoms with E-state index in [1.807, 2.05) is 18.2 Å². The third-order valence-corrected chi connectivity index (χ3v) is 4.27. The third-order valence-electron chi connectivity index (χ3n) is 4.27. The monoisotopic (exact) mass is 292 g/mol. The Morgan fingerprint density at radius 2 is 2.00 bits per heavy atom. The van der Waals surface area contributed by atoms with Crippen LogP contribution in [0.3, 0.4) is 0 Å². The van der Waals surface area contributed by atoms with Crippen LogP contribution in [0.25, 0.3) is 0 Å². The lowest BCUT2D eigenvalue weighted by Gasteiger charge is -2.39. The predicted octanol–water partition coefficient (Wildman–Crippen LogP) is 1.86. The SMILES string of the molecule is COc1ccc(C2NC(C)CC(C)C2C(N)=O)c(OC)c1. The van der Waals surface area contributed by atoms with Crippen LogP contribution in [-0.2, 0) is 4.79 Å². The molecule has 3 N–H and O–H groups in total. The molecule has 1 fully saturated rings. The quantitative estimate of drug-likeness (QED) is 0.888. The van der Waals surface area contributed by atoms with E-state index >= 15 is 0 Å². The van der Waals surface area contributed by atoms with Crippen molar-refractivity contribution in [3.8, 4) is 11.5 Å². The van der Waals surface area contributed by atoms with Crippen LogP contribution >= 0.6 is 0 Å². The molecule has 0 spiro atoms. The first-order valence-electron chi connectivity index (χ1n) is 7.25. The summed E-state index contributed by atoms with van der Waals surface area (Å²) in [5.41, 5.74) is 6.58. The standard InChI is InChI=1S/C16H24N2O3/c1-9-7-10(2)18-15(14(9)16(17)19)12-6-5-11(20-3)8-13(12)21-4/h5-6,8-10,14-15,18H,7H2,1-4H3,(H2,17,19). The summed E-state index contributed by atoms with van der Waals surface area (Å²) in [6, 6.07) is 5.84. The van der Waals surface area contributed by atoms with Crippen LogP contribution in [0, 0.1) is 11.8 Å². The molecule has 1 aliphatic heterocycles. The van der Waals surface area contributed by atoms with Gasteiger partial charge in [-0.25, -0.2) is 0 Å². The second-order valence-corrected chi connectivity index (χ2v) is 5.79. The van der Waals surface area contributed by atoms with Gasteiger partial charge in [0.2, 0.25) is 5.91 Å². The Morgan fingerprint density at radius 1 is 1.29 bits per heavy atom. The molecule has 1 aromatic rings. The largest absolute Gasteiger partial charge is 0.497 e. The molecule has 0 saturated carbocycles. The maximum Gasteiger partial charge on any atom is 0.222 e. The summed E-state index contributed by atoms with van der Waals surface area (Å²) in [7, 11) is 3.23. The van der Waals surface area contributed by atoms with Crippen LogP contribution in [0.15, 0.2) is 18.2 Å². The van der Waals surface area contributed by atoms with Gasteiger partial charge in [-0.1, -0.05) is 13.0 Å². The van der Waals surface area contributed by atoms with Gasteiger partial charge in [0.05, 0.1) is 20.1 Å². The van der Waals surface area contributed by atoms with Gasteiger partial charge in [0.25, 0.3) is 0 Å². The Bertz CT molecular complexity index is 518. The van der Waals surface area contributed by atoms with E-state index in [0.717, 1.165) is 17.7 Å². The zero-order valence-corrected chi connectivity index (χ0v) is 13.1. The highest BCUT2D eigenvalue weighted by Crippen LogP contribution is 2.40. The Labute approximate surface area is 125 Å². The summed E-state index contributed by atoms with van der Waals surface area (Å²) in [5.74, 6) is 1.14. The van der Waals surface area contributed by atoms with Gasteiger partial charge in [-0.15, -0.1) is 0 Å². The molecule has 5 heteroatoms. The van der Waals surface area contributed by atoms with E-state index in [2.05, 4.69) is 19.2 Å². The number of hydrogen-bond donors (Lipinski definition) is 2. The molecule has 4 atom stereocenters. The molecule has 1 aromatic carbocycles. The number of carbonyl (C=O) groups is 1. The summed E-state index contributed by atoms with van der Waals surface area (Å²) in [6.07, 6.45) is 0.933. The topological polar surface area (TPSA) is 73.6 Å². The van der Waals surface area contributed by atoms with Gasteiger partial charge in [-0.05, 0) is 25.3 Å². The first kappa shape index (κ1) is 15.6. The van der Waals surface area contributed by atoms with Crippen LogP contribution in [-0.4, -0.2) is 26.2 Å². The molecule has 2 rings (SSSR count). The minimum Gasteiger partial charge on any atom is -0.497 e. The molecule has 1 aliphatic rings. The summed E-state index contributed by atoms with van der Waals surface area (Å²) in [4.78, 5) is 11.9. The summed E-state index contributed by atoms with van der Waals surface area (Å²) in [6.45, 7) is 4.20. The van der Waals surface area contributed by atoms with Gasteiger partial charge in [-0.3, -0.25) is 4.79 Å². The Balaban J connectivity index is 2.43. The lowest BCUT2D eigenvalue weighted by atomic mass is 9.76. The molecule has 0 aliphatic carbocycles. The van der Waals surface area contributed by atoms with Crippen molar-refractivity contribution in [2.24, 2.45) is 17.6 Å². The molecule has 21 heavy (non-hydrogen) atoms. The fraction of sp³-hybridized carbons (Fsp3) is 0.562. The molecule has 1 amide bonds. The maximum atomic E-state index is 11.9. The van der Waals surface area contributed by atoms with Gasteiger partial charge in [0.1, 0.15) is 11.5 Å². The molecule has 0 radical (unpaired) electrons. The van der Waals surface area contributed by atoms with E-state index < -0.39 is 0 Å². The molecule has 0 aromatic heterocycles. The lowest BCUT2D eigenvalue weighted by molar-refractivity contribution is -0.125. The first-order chi connectivity index (χ1) is 9.97. The lowest BCUT2D eigenvalue weighted by Crippen LogP contribution is -2.49. The number of nitrogens with two attached hydrogens (primary N) is 1. The van der Waals surface area contributed by atoms with Crippen molar-refractivity contribution in [1.29, 1.82) is 0 Å². The number of benzene rings is 1. The van der Waals surface area contributed by atoms with E-state index in [1.54, 1.807) is 14.2 Å². The zero-order chi connectivity index (χ0) is 15.6. The molecule has 1 saturated heterocycles. The number of hydrogen-bond acceptors (Lipinski definition) is 4. The van der Waals surface area contributed by atoms with Gasteiger partial charge in [-0.2, -0.15) is 0 Å². The van der Waals surface area contributed by atoms with Crippen LogP contribution in [0.1, 0.15) is 31.9 Å². The van der Waals surface area contributed by atoms with E-state index in [9.17, 15) is 4.79 Å². The van der Waals surface area contributed by atoms with Crippen molar-refractivity contribution in [1.82, 2.24) is 5.32 Å². The summed E-state index contributed by atoms with van der Waals surface area (Å²) >= 11 is 0. The number of ether oxygens (including phenoxy) is 2. The number of carbonyl (C=O) groups excluding carboxylic acids is 1. The van der Waals surface area contributed by atoms with E-state index in [4.69, 9.17) is 15.2 Å². The van der Waals surface area contributed by atoms with Crippen LogP contribution in [0.5, 0.6) is 11.5 Å². The predicted molar refractivity (Wildman–Crippen MR) is 81.4 cm³/mol. The fourth-order valence-electron chi connectivity index (χ4n) is 3.31.